The fourth-order valence-electron chi connectivity index (χ4n) is 4.15. The molecule has 2 aromatic rings. The van der Waals surface area contributed by atoms with Crippen molar-refractivity contribution in [3.8, 4) is 0 Å². The van der Waals surface area contributed by atoms with Gasteiger partial charge in [0, 0.05) is 24.7 Å². The maximum atomic E-state index is 13.6. The van der Waals surface area contributed by atoms with Crippen LogP contribution in [-0.2, 0) is 15.0 Å². The molecule has 162 valence electrons. The molecule has 1 aliphatic heterocycles. The minimum absolute atomic E-state index is 0.0348. The third kappa shape index (κ3) is 4.50. The number of carbonyl (C=O) groups is 2. The fourth-order valence-corrected chi connectivity index (χ4v) is 4.15. The van der Waals surface area contributed by atoms with Gasteiger partial charge in [-0.2, -0.15) is 0 Å². The average molecular weight is 421 g/mol. The lowest BCUT2D eigenvalue weighted by Gasteiger charge is -2.41. The highest BCUT2D eigenvalue weighted by Crippen LogP contribution is 2.37. The van der Waals surface area contributed by atoms with E-state index in [9.17, 15) is 19.7 Å². The van der Waals surface area contributed by atoms with Crippen molar-refractivity contribution in [2.45, 2.75) is 38.1 Å². The summed E-state index contributed by atoms with van der Waals surface area (Å²) in [6.07, 6.45) is 2.27. The molecule has 0 bridgehead atoms. The summed E-state index contributed by atoms with van der Waals surface area (Å²) in [7, 11) is 0. The van der Waals surface area contributed by atoms with E-state index in [1.165, 1.54) is 12.1 Å². The van der Waals surface area contributed by atoms with E-state index >= 15 is 0 Å². The number of nitro benzene ring substituents is 1. The van der Waals surface area contributed by atoms with Crippen LogP contribution < -0.4 is 5.32 Å². The van der Waals surface area contributed by atoms with Crippen LogP contribution in [0.15, 0.2) is 61.2 Å². The second-order valence-corrected chi connectivity index (χ2v) is 7.98. The van der Waals surface area contributed by atoms with Gasteiger partial charge >= 0.3 is 0 Å². The zero-order chi connectivity index (χ0) is 22.6. The van der Waals surface area contributed by atoms with Crippen molar-refractivity contribution in [2.24, 2.45) is 0 Å². The summed E-state index contributed by atoms with van der Waals surface area (Å²) in [5, 5.41) is 14.4. The molecule has 3 rings (SSSR count). The molecule has 7 nitrogen and oxygen atoms in total. The second-order valence-electron chi connectivity index (χ2n) is 7.98. The van der Waals surface area contributed by atoms with E-state index in [4.69, 9.17) is 0 Å². The highest BCUT2D eigenvalue weighted by Gasteiger charge is 2.43. The Hall–Kier alpha value is -3.48. The fraction of sp³-hybridized carbons (Fsp3) is 0.333. The topological polar surface area (TPSA) is 92.6 Å². The lowest BCUT2D eigenvalue weighted by Crippen LogP contribution is -2.53. The second kappa shape index (κ2) is 9.12. The maximum absolute atomic E-state index is 13.6. The minimum atomic E-state index is -0.774. The Balaban J connectivity index is 1.86. The molecule has 7 heteroatoms. The standard InChI is InChI=1S/C24H27N3O4/c1-4-22(28)26-14-12-24(13-15-26,20-8-6-5-7-9-20)23(29)25-18(3)19-11-10-17(2)21(16-19)27(30)31/h4-11,16,18H,1,12-15H2,2-3H3,(H,25,29). The number of hydrogen-bond acceptors (Lipinski definition) is 4. The molecule has 1 unspecified atom stereocenters. The number of piperidine rings is 1. The van der Waals surface area contributed by atoms with Gasteiger partial charge < -0.3 is 10.2 Å². The number of nitrogens with zero attached hydrogens (tertiary/aromatic N) is 2. The molecule has 0 aromatic heterocycles. The van der Waals surface area contributed by atoms with Gasteiger partial charge in [-0.3, -0.25) is 19.7 Å². The van der Waals surface area contributed by atoms with Crippen molar-refractivity contribution in [2.75, 3.05) is 13.1 Å². The van der Waals surface area contributed by atoms with E-state index in [1.54, 1.807) is 24.0 Å². The molecule has 0 spiro atoms. The summed E-state index contributed by atoms with van der Waals surface area (Å²) in [4.78, 5) is 38.2. The van der Waals surface area contributed by atoms with Gasteiger partial charge in [0.25, 0.3) is 5.69 Å². The molecule has 1 heterocycles. The number of carbonyl (C=O) groups excluding carboxylic acids is 2. The summed E-state index contributed by atoms with van der Waals surface area (Å²) >= 11 is 0. The van der Waals surface area contributed by atoms with Crippen molar-refractivity contribution >= 4 is 17.5 Å². The first kappa shape index (κ1) is 22.2. The van der Waals surface area contributed by atoms with Crippen molar-refractivity contribution in [3.05, 3.63) is 88.0 Å². The van der Waals surface area contributed by atoms with Gasteiger partial charge in [-0.25, -0.2) is 0 Å². The quantitative estimate of drug-likeness (QED) is 0.436. The zero-order valence-electron chi connectivity index (χ0n) is 17.8. The monoisotopic (exact) mass is 421 g/mol. The number of hydrogen-bond donors (Lipinski definition) is 1. The molecule has 1 fully saturated rings. The van der Waals surface area contributed by atoms with Crippen molar-refractivity contribution < 1.29 is 14.5 Å². The summed E-state index contributed by atoms with van der Waals surface area (Å²) < 4.78 is 0. The smallest absolute Gasteiger partial charge is 0.272 e. The molecule has 2 amide bonds. The summed E-state index contributed by atoms with van der Waals surface area (Å²) in [5.41, 5.74) is 1.41. The zero-order valence-corrected chi connectivity index (χ0v) is 17.8. The van der Waals surface area contributed by atoms with E-state index < -0.39 is 16.4 Å². The van der Waals surface area contributed by atoms with Gasteiger partial charge in [-0.05, 0) is 43.9 Å². The van der Waals surface area contributed by atoms with Crippen LogP contribution in [0.4, 0.5) is 5.69 Å². The summed E-state index contributed by atoms with van der Waals surface area (Å²) in [6.45, 7) is 7.97. The molecule has 1 saturated heterocycles. The Morgan fingerprint density at radius 3 is 2.42 bits per heavy atom. The van der Waals surface area contributed by atoms with E-state index in [2.05, 4.69) is 11.9 Å². The molecule has 0 aliphatic carbocycles. The predicted molar refractivity (Wildman–Crippen MR) is 119 cm³/mol. The first-order valence-corrected chi connectivity index (χ1v) is 10.3. The van der Waals surface area contributed by atoms with Crippen LogP contribution in [0.25, 0.3) is 0 Å². The molecule has 2 aromatic carbocycles. The Bertz CT molecular complexity index is 995. The summed E-state index contributed by atoms with van der Waals surface area (Å²) in [5.74, 6) is -0.275. The van der Waals surface area contributed by atoms with Gasteiger partial charge in [0.2, 0.25) is 11.8 Å². The number of rotatable bonds is 6. The van der Waals surface area contributed by atoms with Crippen LogP contribution in [0.2, 0.25) is 0 Å². The third-order valence-corrected chi connectivity index (χ3v) is 6.14. The number of likely N-dealkylation sites (tertiary alicyclic amines) is 1. The van der Waals surface area contributed by atoms with E-state index in [-0.39, 0.29) is 17.5 Å². The van der Waals surface area contributed by atoms with Gasteiger partial charge in [-0.1, -0.05) is 49.0 Å². The molecule has 31 heavy (non-hydrogen) atoms. The van der Waals surface area contributed by atoms with Crippen LogP contribution in [0.3, 0.4) is 0 Å². The first-order valence-electron chi connectivity index (χ1n) is 10.3. The third-order valence-electron chi connectivity index (χ3n) is 6.14. The van der Waals surface area contributed by atoms with Crippen molar-refractivity contribution in [3.63, 3.8) is 0 Å². The highest BCUT2D eigenvalue weighted by atomic mass is 16.6. The summed E-state index contributed by atoms with van der Waals surface area (Å²) in [6, 6.07) is 14.2. The Kier molecular flexibility index (Phi) is 6.53. The van der Waals surface area contributed by atoms with Crippen LogP contribution in [0.5, 0.6) is 0 Å². The SMILES string of the molecule is C=CC(=O)N1CCC(C(=O)NC(C)c2ccc(C)c([N+](=O)[O-])c2)(c2ccccc2)CC1. The Morgan fingerprint density at radius 2 is 1.84 bits per heavy atom. The lowest BCUT2D eigenvalue weighted by molar-refractivity contribution is -0.385. The highest BCUT2D eigenvalue weighted by molar-refractivity contribution is 5.90. The molecule has 0 saturated carbocycles. The molecule has 1 atom stereocenters. The molecular formula is C24H27N3O4. The normalized spacial score (nSPS) is 16.3. The van der Waals surface area contributed by atoms with Crippen molar-refractivity contribution in [1.29, 1.82) is 0 Å². The Labute approximate surface area is 181 Å². The van der Waals surface area contributed by atoms with E-state index in [1.807, 2.05) is 37.3 Å². The molecular weight excluding hydrogens is 394 g/mol. The van der Waals surface area contributed by atoms with Gasteiger partial charge in [0.15, 0.2) is 0 Å². The van der Waals surface area contributed by atoms with Gasteiger partial charge in [-0.15, -0.1) is 0 Å². The number of benzene rings is 2. The van der Waals surface area contributed by atoms with Crippen LogP contribution in [0, 0.1) is 17.0 Å². The first-order chi connectivity index (χ1) is 14.8. The predicted octanol–water partition coefficient (Wildman–Crippen LogP) is 3.83. The van der Waals surface area contributed by atoms with E-state index in [0.717, 1.165) is 5.56 Å². The number of amides is 2. The average Bonchev–Trinajstić information content (AvgIpc) is 2.79. The number of nitro groups is 1. The lowest BCUT2D eigenvalue weighted by atomic mass is 9.71. The molecule has 1 aliphatic rings. The Morgan fingerprint density at radius 1 is 1.19 bits per heavy atom. The van der Waals surface area contributed by atoms with Crippen molar-refractivity contribution in [1.82, 2.24) is 10.2 Å². The van der Waals surface area contributed by atoms with Crippen LogP contribution >= 0.6 is 0 Å². The van der Waals surface area contributed by atoms with Gasteiger partial charge in [0.05, 0.1) is 16.4 Å². The number of nitrogens with one attached hydrogen (secondary N) is 1. The number of aryl methyl sites for hydroxylation is 1. The van der Waals surface area contributed by atoms with Crippen LogP contribution in [0.1, 0.15) is 42.5 Å². The molecule has 1 N–H and O–H groups in total. The van der Waals surface area contributed by atoms with Crippen LogP contribution in [-0.4, -0.2) is 34.7 Å². The van der Waals surface area contributed by atoms with E-state index in [0.29, 0.717) is 37.1 Å². The van der Waals surface area contributed by atoms with Gasteiger partial charge in [0.1, 0.15) is 0 Å². The minimum Gasteiger partial charge on any atom is -0.349 e. The molecule has 0 radical (unpaired) electrons. The largest absolute Gasteiger partial charge is 0.349 e. The maximum Gasteiger partial charge on any atom is 0.272 e.